The largest absolute Gasteiger partial charge is 0.493 e. The van der Waals surface area contributed by atoms with E-state index < -0.39 is 18.0 Å². The van der Waals surface area contributed by atoms with Gasteiger partial charge < -0.3 is 14.8 Å². The van der Waals surface area contributed by atoms with Gasteiger partial charge in [0.05, 0.1) is 18.4 Å². The first-order chi connectivity index (χ1) is 12.8. The van der Waals surface area contributed by atoms with Gasteiger partial charge in [-0.25, -0.2) is 9.48 Å². The molecule has 0 radical (unpaired) electrons. The molecule has 1 amide bonds. The minimum Gasteiger partial charge on any atom is -0.493 e. The van der Waals surface area contributed by atoms with E-state index in [0.717, 1.165) is 0 Å². The number of ether oxygens (including phenoxy) is 2. The molecule has 1 N–H and O–H groups in total. The van der Waals surface area contributed by atoms with Crippen molar-refractivity contribution in [1.29, 1.82) is 0 Å². The lowest BCUT2D eigenvalue weighted by molar-refractivity contribution is -0.123. The summed E-state index contributed by atoms with van der Waals surface area (Å²) in [6.45, 7) is 10.2. The molecule has 0 aliphatic rings. The molecular formula is C20H27N3O4. The van der Waals surface area contributed by atoms with Gasteiger partial charge in [-0.1, -0.05) is 13.8 Å². The minimum atomic E-state index is -0.940. The Morgan fingerprint density at radius 2 is 1.74 bits per heavy atom. The lowest BCUT2D eigenvalue weighted by atomic mass is 10.2. The Labute approximate surface area is 159 Å². The highest BCUT2D eigenvalue weighted by Crippen LogP contribution is 2.16. The summed E-state index contributed by atoms with van der Waals surface area (Å²) in [4.78, 5) is 24.6. The third-order valence-electron chi connectivity index (χ3n) is 3.74. The molecule has 0 spiro atoms. The summed E-state index contributed by atoms with van der Waals surface area (Å²) in [5, 5.41) is 6.88. The highest BCUT2D eigenvalue weighted by atomic mass is 16.5. The molecule has 2 aromatic rings. The second-order valence-corrected chi connectivity index (χ2v) is 7.02. The topological polar surface area (TPSA) is 82.4 Å². The van der Waals surface area contributed by atoms with Crippen LogP contribution in [0.1, 0.15) is 51.0 Å². The van der Waals surface area contributed by atoms with Crippen LogP contribution < -0.4 is 10.1 Å². The summed E-state index contributed by atoms with van der Waals surface area (Å²) < 4.78 is 12.5. The number of anilines is 1. The van der Waals surface area contributed by atoms with Crippen LogP contribution in [0, 0.1) is 5.92 Å². The van der Waals surface area contributed by atoms with Crippen molar-refractivity contribution in [3.05, 3.63) is 42.1 Å². The van der Waals surface area contributed by atoms with Gasteiger partial charge in [0, 0.05) is 12.1 Å². The van der Waals surface area contributed by atoms with Crippen LogP contribution >= 0.6 is 0 Å². The van der Waals surface area contributed by atoms with Crippen LogP contribution in [-0.2, 0) is 9.53 Å². The summed E-state index contributed by atoms with van der Waals surface area (Å²) >= 11 is 0. The van der Waals surface area contributed by atoms with E-state index in [4.69, 9.17) is 9.47 Å². The molecule has 146 valence electrons. The molecule has 0 aliphatic heterocycles. The Kier molecular flexibility index (Phi) is 6.98. The Morgan fingerprint density at radius 3 is 2.33 bits per heavy atom. The third kappa shape index (κ3) is 5.84. The van der Waals surface area contributed by atoms with Gasteiger partial charge in [0.15, 0.2) is 6.10 Å². The maximum Gasteiger partial charge on any atom is 0.338 e. The van der Waals surface area contributed by atoms with Gasteiger partial charge in [0.25, 0.3) is 5.91 Å². The van der Waals surface area contributed by atoms with E-state index in [1.165, 1.54) is 6.92 Å². The van der Waals surface area contributed by atoms with E-state index in [0.29, 0.717) is 29.7 Å². The zero-order valence-electron chi connectivity index (χ0n) is 16.4. The number of aromatic nitrogens is 2. The normalized spacial score (nSPS) is 12.1. The van der Waals surface area contributed by atoms with Crippen molar-refractivity contribution in [1.82, 2.24) is 9.78 Å². The van der Waals surface area contributed by atoms with Gasteiger partial charge in [-0.15, -0.1) is 0 Å². The first-order valence-corrected chi connectivity index (χ1v) is 9.06. The zero-order valence-corrected chi connectivity index (χ0v) is 16.4. The molecule has 0 aliphatic carbocycles. The molecule has 0 fully saturated rings. The average molecular weight is 373 g/mol. The van der Waals surface area contributed by atoms with Gasteiger partial charge in [0.2, 0.25) is 0 Å². The number of amides is 1. The predicted octanol–water partition coefficient (Wildman–Crippen LogP) is 3.68. The standard InChI is InChI=1S/C20H27N3O4/c1-13(2)12-26-17-8-6-16(7-9-17)20(25)27-15(5)19(24)22-18-10-11-21-23(18)14(3)4/h6-11,13-15H,12H2,1-5H3,(H,22,24)/t15-/m1/s1. The molecule has 0 saturated heterocycles. The highest BCUT2D eigenvalue weighted by molar-refractivity contribution is 5.96. The van der Waals surface area contributed by atoms with E-state index in [1.807, 2.05) is 13.8 Å². The van der Waals surface area contributed by atoms with Gasteiger partial charge in [-0.05, 0) is 51.0 Å². The number of carbonyl (C=O) groups excluding carboxylic acids is 2. The number of benzene rings is 1. The number of carbonyl (C=O) groups is 2. The van der Waals surface area contributed by atoms with Crippen LogP contribution in [0.25, 0.3) is 0 Å². The fraction of sp³-hybridized carbons (Fsp3) is 0.450. The van der Waals surface area contributed by atoms with Crippen molar-refractivity contribution in [3.8, 4) is 5.75 Å². The van der Waals surface area contributed by atoms with E-state index in [-0.39, 0.29) is 6.04 Å². The number of nitrogens with one attached hydrogen (secondary N) is 1. The van der Waals surface area contributed by atoms with Crippen LogP contribution in [0.15, 0.2) is 36.5 Å². The summed E-state index contributed by atoms with van der Waals surface area (Å²) in [5.41, 5.74) is 0.360. The highest BCUT2D eigenvalue weighted by Gasteiger charge is 2.20. The van der Waals surface area contributed by atoms with E-state index in [2.05, 4.69) is 24.3 Å². The minimum absolute atomic E-state index is 0.101. The molecule has 1 atom stereocenters. The van der Waals surface area contributed by atoms with Crippen molar-refractivity contribution >= 4 is 17.7 Å². The molecule has 0 bridgehead atoms. The zero-order chi connectivity index (χ0) is 20.0. The molecule has 0 unspecified atom stereocenters. The van der Waals surface area contributed by atoms with Crippen LogP contribution in [0.3, 0.4) is 0 Å². The first-order valence-electron chi connectivity index (χ1n) is 9.06. The number of rotatable bonds is 8. The number of esters is 1. The Hall–Kier alpha value is -2.83. The first kappa shape index (κ1) is 20.5. The van der Waals surface area contributed by atoms with Crippen LogP contribution in [0.4, 0.5) is 5.82 Å². The van der Waals surface area contributed by atoms with Crippen molar-refractivity contribution < 1.29 is 19.1 Å². The summed E-state index contributed by atoms with van der Waals surface area (Å²) in [7, 11) is 0. The number of hydrogen-bond donors (Lipinski definition) is 1. The Balaban J connectivity index is 1.92. The summed E-state index contributed by atoms with van der Waals surface area (Å²) in [6, 6.07) is 8.47. The molecule has 0 saturated carbocycles. The Bertz CT molecular complexity index is 766. The SMILES string of the molecule is CC(C)COc1ccc(C(=O)O[C@H](C)C(=O)Nc2ccnn2C(C)C)cc1. The number of nitrogens with zero attached hydrogens (tertiary/aromatic N) is 2. The second kappa shape index (κ2) is 9.21. The van der Waals surface area contributed by atoms with E-state index >= 15 is 0 Å². The summed E-state index contributed by atoms with van der Waals surface area (Å²) in [6.07, 6.45) is 0.666. The number of hydrogen-bond acceptors (Lipinski definition) is 5. The molecule has 1 aromatic carbocycles. The second-order valence-electron chi connectivity index (χ2n) is 7.02. The van der Waals surface area contributed by atoms with E-state index in [1.54, 1.807) is 41.2 Å². The Morgan fingerprint density at radius 1 is 1.07 bits per heavy atom. The average Bonchev–Trinajstić information content (AvgIpc) is 3.08. The lowest BCUT2D eigenvalue weighted by Crippen LogP contribution is -2.31. The van der Waals surface area contributed by atoms with Crippen LogP contribution in [0.5, 0.6) is 5.75 Å². The van der Waals surface area contributed by atoms with E-state index in [9.17, 15) is 9.59 Å². The van der Waals surface area contributed by atoms with Gasteiger partial charge in [0.1, 0.15) is 11.6 Å². The molecule has 27 heavy (non-hydrogen) atoms. The molecule has 2 rings (SSSR count). The van der Waals surface area contributed by atoms with Crippen molar-refractivity contribution in [3.63, 3.8) is 0 Å². The molecule has 7 nitrogen and oxygen atoms in total. The van der Waals surface area contributed by atoms with Crippen LogP contribution in [0.2, 0.25) is 0 Å². The molecule has 1 heterocycles. The van der Waals surface area contributed by atoms with Crippen molar-refractivity contribution in [2.75, 3.05) is 11.9 Å². The van der Waals surface area contributed by atoms with Crippen molar-refractivity contribution in [2.45, 2.75) is 46.8 Å². The molecule has 7 heteroatoms. The quantitative estimate of drug-likeness (QED) is 0.714. The third-order valence-corrected chi connectivity index (χ3v) is 3.74. The maximum atomic E-state index is 12.3. The fourth-order valence-corrected chi connectivity index (χ4v) is 2.28. The van der Waals surface area contributed by atoms with Crippen LogP contribution in [-0.4, -0.2) is 34.4 Å². The smallest absolute Gasteiger partial charge is 0.338 e. The lowest BCUT2D eigenvalue weighted by Gasteiger charge is -2.16. The predicted molar refractivity (Wildman–Crippen MR) is 103 cm³/mol. The van der Waals surface area contributed by atoms with Gasteiger partial charge in [-0.2, -0.15) is 5.10 Å². The van der Waals surface area contributed by atoms with Crippen molar-refractivity contribution in [2.24, 2.45) is 5.92 Å². The van der Waals surface area contributed by atoms with Gasteiger partial charge in [-0.3, -0.25) is 4.79 Å². The molecule has 1 aromatic heterocycles. The van der Waals surface area contributed by atoms with Gasteiger partial charge >= 0.3 is 5.97 Å². The fourth-order valence-electron chi connectivity index (χ4n) is 2.28. The monoisotopic (exact) mass is 373 g/mol. The molecular weight excluding hydrogens is 346 g/mol. The summed E-state index contributed by atoms with van der Waals surface area (Å²) in [5.74, 6) is 0.687. The maximum absolute atomic E-state index is 12.3.